The molecule has 1 unspecified atom stereocenters. The van der Waals surface area contributed by atoms with E-state index in [1.54, 1.807) is 11.8 Å². The van der Waals surface area contributed by atoms with Crippen LogP contribution in [0, 0.1) is 0 Å². The summed E-state index contributed by atoms with van der Waals surface area (Å²) in [5, 5.41) is 8.08. The molecule has 0 radical (unpaired) electrons. The SMILES string of the molecule is CCC(N)c1cn(CCOc2ccc(OC)cc2)nn1. The third-order valence-electron chi connectivity index (χ3n) is 3.02. The van der Waals surface area contributed by atoms with Crippen molar-refractivity contribution in [2.75, 3.05) is 13.7 Å². The van der Waals surface area contributed by atoms with E-state index in [4.69, 9.17) is 15.2 Å². The molecule has 0 fully saturated rings. The summed E-state index contributed by atoms with van der Waals surface area (Å²) in [6.07, 6.45) is 2.71. The second-order valence-electron chi connectivity index (χ2n) is 4.45. The molecule has 6 nitrogen and oxygen atoms in total. The summed E-state index contributed by atoms with van der Waals surface area (Å²) in [5.74, 6) is 1.61. The molecule has 0 saturated carbocycles. The van der Waals surface area contributed by atoms with E-state index in [2.05, 4.69) is 10.3 Å². The number of rotatable bonds is 7. The van der Waals surface area contributed by atoms with E-state index in [1.165, 1.54) is 0 Å². The smallest absolute Gasteiger partial charge is 0.119 e. The average Bonchev–Trinajstić information content (AvgIpc) is 2.96. The maximum atomic E-state index is 5.90. The zero-order valence-electron chi connectivity index (χ0n) is 11.8. The third kappa shape index (κ3) is 3.71. The molecule has 0 aliphatic carbocycles. The number of nitrogens with zero attached hydrogens (tertiary/aromatic N) is 3. The van der Waals surface area contributed by atoms with Gasteiger partial charge in [-0.25, -0.2) is 4.68 Å². The molecule has 0 aliphatic rings. The molecule has 1 aromatic heterocycles. The van der Waals surface area contributed by atoms with Crippen LogP contribution < -0.4 is 15.2 Å². The van der Waals surface area contributed by atoms with Crippen molar-refractivity contribution in [2.24, 2.45) is 5.73 Å². The maximum Gasteiger partial charge on any atom is 0.119 e. The van der Waals surface area contributed by atoms with Gasteiger partial charge in [-0.1, -0.05) is 12.1 Å². The van der Waals surface area contributed by atoms with Gasteiger partial charge in [0.15, 0.2) is 0 Å². The molecule has 0 amide bonds. The molecule has 108 valence electrons. The highest BCUT2D eigenvalue weighted by atomic mass is 16.5. The first-order chi connectivity index (χ1) is 9.72. The van der Waals surface area contributed by atoms with Gasteiger partial charge in [-0.2, -0.15) is 0 Å². The number of hydrogen-bond donors (Lipinski definition) is 1. The van der Waals surface area contributed by atoms with E-state index in [-0.39, 0.29) is 6.04 Å². The predicted molar refractivity (Wildman–Crippen MR) is 75.7 cm³/mol. The Morgan fingerprint density at radius 3 is 2.60 bits per heavy atom. The molecule has 1 aromatic carbocycles. The van der Waals surface area contributed by atoms with Crippen LogP contribution in [0.1, 0.15) is 25.1 Å². The van der Waals surface area contributed by atoms with Crippen LogP contribution in [0.15, 0.2) is 30.5 Å². The fourth-order valence-electron chi connectivity index (χ4n) is 1.73. The van der Waals surface area contributed by atoms with Gasteiger partial charge in [0.25, 0.3) is 0 Å². The van der Waals surface area contributed by atoms with E-state index in [0.717, 1.165) is 23.6 Å². The summed E-state index contributed by atoms with van der Waals surface area (Å²) in [6.45, 7) is 3.18. The zero-order valence-corrected chi connectivity index (χ0v) is 11.8. The monoisotopic (exact) mass is 276 g/mol. The van der Waals surface area contributed by atoms with E-state index in [9.17, 15) is 0 Å². The molecule has 0 spiro atoms. The van der Waals surface area contributed by atoms with Crippen LogP contribution >= 0.6 is 0 Å². The fraction of sp³-hybridized carbons (Fsp3) is 0.429. The molecule has 1 atom stereocenters. The molecule has 2 aromatic rings. The van der Waals surface area contributed by atoms with Crippen molar-refractivity contribution >= 4 is 0 Å². The van der Waals surface area contributed by atoms with Crippen molar-refractivity contribution in [3.05, 3.63) is 36.2 Å². The van der Waals surface area contributed by atoms with E-state index < -0.39 is 0 Å². The lowest BCUT2D eigenvalue weighted by Gasteiger charge is -2.06. The first-order valence-corrected chi connectivity index (χ1v) is 6.65. The number of ether oxygens (including phenoxy) is 2. The van der Waals surface area contributed by atoms with Crippen LogP contribution in [0.2, 0.25) is 0 Å². The standard InChI is InChI=1S/C14H20N4O2/c1-3-13(15)14-10-18(17-16-14)8-9-20-12-6-4-11(19-2)5-7-12/h4-7,10,13H,3,8-9,15H2,1-2H3. The molecular formula is C14H20N4O2. The Morgan fingerprint density at radius 1 is 1.25 bits per heavy atom. The lowest BCUT2D eigenvalue weighted by atomic mass is 10.2. The highest BCUT2D eigenvalue weighted by Gasteiger charge is 2.08. The van der Waals surface area contributed by atoms with Crippen molar-refractivity contribution in [3.63, 3.8) is 0 Å². The molecule has 0 saturated heterocycles. The molecule has 0 aliphatic heterocycles. The van der Waals surface area contributed by atoms with Gasteiger partial charge in [0.1, 0.15) is 18.1 Å². The van der Waals surface area contributed by atoms with E-state index >= 15 is 0 Å². The van der Waals surface area contributed by atoms with Gasteiger partial charge in [-0.05, 0) is 30.7 Å². The molecule has 2 rings (SSSR count). The number of nitrogens with two attached hydrogens (primary N) is 1. The van der Waals surface area contributed by atoms with Gasteiger partial charge in [-0.15, -0.1) is 5.10 Å². The highest BCUT2D eigenvalue weighted by Crippen LogP contribution is 2.17. The Balaban J connectivity index is 1.81. The van der Waals surface area contributed by atoms with Crippen LogP contribution in [0.4, 0.5) is 0 Å². The average molecular weight is 276 g/mol. The van der Waals surface area contributed by atoms with Gasteiger partial charge in [0, 0.05) is 0 Å². The van der Waals surface area contributed by atoms with Crippen LogP contribution in [0.5, 0.6) is 11.5 Å². The number of aromatic nitrogens is 3. The van der Waals surface area contributed by atoms with E-state index in [0.29, 0.717) is 13.2 Å². The summed E-state index contributed by atoms with van der Waals surface area (Å²) in [6, 6.07) is 7.43. The summed E-state index contributed by atoms with van der Waals surface area (Å²) in [7, 11) is 1.64. The molecular weight excluding hydrogens is 256 g/mol. The van der Waals surface area contributed by atoms with Crippen molar-refractivity contribution < 1.29 is 9.47 Å². The summed E-state index contributed by atoms with van der Waals surface area (Å²) < 4.78 is 12.5. The zero-order chi connectivity index (χ0) is 14.4. The van der Waals surface area contributed by atoms with Crippen LogP contribution in [-0.2, 0) is 6.54 Å². The fourth-order valence-corrected chi connectivity index (χ4v) is 1.73. The van der Waals surface area contributed by atoms with Crippen molar-refractivity contribution in [1.82, 2.24) is 15.0 Å². The first kappa shape index (κ1) is 14.3. The molecule has 2 N–H and O–H groups in total. The Hall–Kier alpha value is -2.08. The van der Waals surface area contributed by atoms with Crippen molar-refractivity contribution in [3.8, 4) is 11.5 Å². The minimum absolute atomic E-state index is 0.0498. The normalized spacial score (nSPS) is 12.2. The molecule has 1 heterocycles. The first-order valence-electron chi connectivity index (χ1n) is 6.65. The molecule has 0 bridgehead atoms. The van der Waals surface area contributed by atoms with Crippen LogP contribution in [0.3, 0.4) is 0 Å². The van der Waals surface area contributed by atoms with Gasteiger partial charge in [0.2, 0.25) is 0 Å². The minimum Gasteiger partial charge on any atom is -0.497 e. The summed E-state index contributed by atoms with van der Waals surface area (Å²) in [4.78, 5) is 0. The summed E-state index contributed by atoms with van der Waals surface area (Å²) >= 11 is 0. The summed E-state index contributed by atoms with van der Waals surface area (Å²) in [5.41, 5.74) is 6.71. The van der Waals surface area contributed by atoms with Crippen LogP contribution in [-0.4, -0.2) is 28.7 Å². The number of methoxy groups -OCH3 is 1. The maximum absolute atomic E-state index is 5.90. The predicted octanol–water partition coefficient (Wildman–Crippen LogP) is 1.78. The van der Waals surface area contributed by atoms with Crippen molar-refractivity contribution in [2.45, 2.75) is 25.9 Å². The Bertz CT molecular complexity index is 524. The van der Waals surface area contributed by atoms with Gasteiger partial charge in [-0.3, -0.25) is 0 Å². The molecule has 6 heteroatoms. The van der Waals surface area contributed by atoms with E-state index in [1.807, 2.05) is 37.4 Å². The lowest BCUT2D eigenvalue weighted by Crippen LogP contribution is -2.10. The second-order valence-corrected chi connectivity index (χ2v) is 4.45. The highest BCUT2D eigenvalue weighted by molar-refractivity contribution is 5.31. The molecule has 20 heavy (non-hydrogen) atoms. The van der Waals surface area contributed by atoms with Crippen LogP contribution in [0.25, 0.3) is 0 Å². The Morgan fingerprint density at radius 2 is 1.95 bits per heavy atom. The lowest BCUT2D eigenvalue weighted by molar-refractivity contribution is 0.289. The van der Waals surface area contributed by atoms with Gasteiger partial charge in [0.05, 0.1) is 31.6 Å². The van der Waals surface area contributed by atoms with Gasteiger partial charge < -0.3 is 15.2 Å². The topological polar surface area (TPSA) is 75.2 Å². The Labute approximate surface area is 118 Å². The quantitative estimate of drug-likeness (QED) is 0.834. The Kier molecular flexibility index (Phi) is 4.95. The van der Waals surface area contributed by atoms with Gasteiger partial charge >= 0.3 is 0 Å². The largest absolute Gasteiger partial charge is 0.497 e. The number of benzene rings is 1. The number of hydrogen-bond acceptors (Lipinski definition) is 5. The third-order valence-corrected chi connectivity index (χ3v) is 3.02. The minimum atomic E-state index is -0.0498. The second kappa shape index (κ2) is 6.91. The van der Waals surface area contributed by atoms with Crippen molar-refractivity contribution in [1.29, 1.82) is 0 Å².